The average Bonchev–Trinajstić information content (AvgIpc) is 2.84. The summed E-state index contributed by atoms with van der Waals surface area (Å²) < 4.78 is 42.4. The summed E-state index contributed by atoms with van der Waals surface area (Å²) in [6.07, 6.45) is 1.49. The predicted molar refractivity (Wildman–Crippen MR) is 85.7 cm³/mol. The fraction of sp³-hybridized carbons (Fsp3) is 0.188. The van der Waals surface area contributed by atoms with Gasteiger partial charge in [-0.15, -0.1) is 11.7 Å². The van der Waals surface area contributed by atoms with Crippen LogP contribution in [0.15, 0.2) is 46.5 Å². The summed E-state index contributed by atoms with van der Waals surface area (Å²) in [5.74, 6) is -1.08. The van der Waals surface area contributed by atoms with Gasteiger partial charge >= 0.3 is 12.2 Å². The zero-order valence-electron chi connectivity index (χ0n) is 13.1. The van der Waals surface area contributed by atoms with E-state index in [9.17, 15) is 22.8 Å². The summed E-state index contributed by atoms with van der Waals surface area (Å²) in [4.78, 5) is 24.1. The molecule has 0 radical (unpaired) electrons. The van der Waals surface area contributed by atoms with E-state index in [0.717, 1.165) is 6.07 Å². The van der Waals surface area contributed by atoms with E-state index in [-0.39, 0.29) is 28.2 Å². The Kier molecular flexibility index (Phi) is 4.07. The second-order valence-corrected chi connectivity index (χ2v) is 5.32. The minimum absolute atomic E-state index is 0.158. The lowest BCUT2D eigenvalue weighted by Crippen LogP contribution is -2.25. The molecular formula is C16H13F3N4O2. The molecule has 0 spiro atoms. The van der Waals surface area contributed by atoms with E-state index in [2.05, 4.69) is 11.7 Å². The Balaban J connectivity index is 2.35. The van der Waals surface area contributed by atoms with E-state index >= 15 is 0 Å². The van der Waals surface area contributed by atoms with Gasteiger partial charge in [0.05, 0.1) is 5.52 Å². The topological polar surface area (TPSA) is 61.8 Å². The van der Waals surface area contributed by atoms with E-state index < -0.39 is 18.1 Å². The zero-order valence-corrected chi connectivity index (χ0v) is 13.1. The highest BCUT2D eigenvalue weighted by Gasteiger charge is 2.20. The monoisotopic (exact) mass is 350 g/mol. The van der Waals surface area contributed by atoms with Crippen LogP contribution in [0, 0.1) is 12.7 Å². The highest BCUT2D eigenvalue weighted by molar-refractivity contribution is 5.81. The van der Waals surface area contributed by atoms with Gasteiger partial charge < -0.3 is 4.57 Å². The van der Waals surface area contributed by atoms with Crippen molar-refractivity contribution in [3.8, 4) is 5.69 Å². The molecule has 25 heavy (non-hydrogen) atoms. The number of hydrogen-bond acceptors (Lipinski definition) is 3. The Morgan fingerprint density at radius 3 is 2.60 bits per heavy atom. The molecule has 130 valence electrons. The van der Waals surface area contributed by atoms with Crippen molar-refractivity contribution in [2.75, 3.05) is 0 Å². The summed E-state index contributed by atoms with van der Waals surface area (Å²) in [7, 11) is 0. The lowest BCUT2D eigenvalue weighted by molar-refractivity contribution is 0.0640. The summed E-state index contributed by atoms with van der Waals surface area (Å²) in [6.45, 7) is 1.85. The maximum Gasteiger partial charge on any atom is 0.355 e. The molecular weight excluding hydrogens is 337 g/mol. The number of hydrogen-bond donors (Lipinski definition) is 0. The van der Waals surface area contributed by atoms with Crippen molar-refractivity contribution in [3.63, 3.8) is 0 Å². The molecule has 0 saturated carbocycles. The van der Waals surface area contributed by atoms with Crippen LogP contribution >= 0.6 is 0 Å². The predicted octanol–water partition coefficient (Wildman–Crippen LogP) is 2.38. The molecule has 1 aromatic carbocycles. The van der Waals surface area contributed by atoms with Crippen LogP contribution in [0.25, 0.3) is 16.6 Å². The van der Waals surface area contributed by atoms with Gasteiger partial charge in [-0.1, -0.05) is 6.08 Å². The molecule has 0 fully saturated rings. The van der Waals surface area contributed by atoms with Gasteiger partial charge in [-0.05, 0) is 25.1 Å². The van der Waals surface area contributed by atoms with Gasteiger partial charge in [-0.25, -0.2) is 13.8 Å². The first-order valence-electron chi connectivity index (χ1n) is 7.26. The highest BCUT2D eigenvalue weighted by Crippen LogP contribution is 2.21. The Morgan fingerprint density at radius 2 is 2.00 bits per heavy atom. The van der Waals surface area contributed by atoms with Gasteiger partial charge in [0.1, 0.15) is 17.3 Å². The minimum Gasteiger partial charge on any atom is -0.304 e. The van der Waals surface area contributed by atoms with E-state index in [1.54, 1.807) is 0 Å². The molecule has 0 bridgehead atoms. The van der Waals surface area contributed by atoms with E-state index in [1.807, 2.05) is 0 Å². The van der Waals surface area contributed by atoms with E-state index in [4.69, 9.17) is 0 Å². The molecule has 0 aliphatic heterocycles. The largest absolute Gasteiger partial charge is 0.355 e. The van der Waals surface area contributed by atoms with Crippen LogP contribution in [-0.2, 0) is 6.54 Å². The molecule has 0 saturated heterocycles. The van der Waals surface area contributed by atoms with Crippen LogP contribution in [0.2, 0.25) is 0 Å². The van der Waals surface area contributed by atoms with Gasteiger partial charge in [0.2, 0.25) is 0 Å². The van der Waals surface area contributed by atoms with Crippen molar-refractivity contribution in [3.05, 3.63) is 69.4 Å². The molecule has 0 aliphatic carbocycles. The van der Waals surface area contributed by atoms with Crippen molar-refractivity contribution in [2.45, 2.75) is 20.0 Å². The molecule has 2 aromatic heterocycles. The molecule has 9 heteroatoms. The molecule has 0 aliphatic rings. The number of aromatic nitrogens is 4. The van der Waals surface area contributed by atoms with Gasteiger partial charge in [-0.3, -0.25) is 4.79 Å². The molecule has 3 rings (SSSR count). The maximum atomic E-state index is 14.4. The minimum atomic E-state index is -3.09. The average molecular weight is 350 g/mol. The lowest BCUT2D eigenvalue weighted by atomic mass is 10.2. The number of pyridine rings is 1. The third-order valence-electron chi connectivity index (χ3n) is 3.77. The molecule has 2 heterocycles. The van der Waals surface area contributed by atoms with Crippen molar-refractivity contribution >= 4 is 10.9 Å². The molecule has 0 amide bonds. The number of halogens is 3. The Hall–Kier alpha value is -3.10. The normalized spacial score (nSPS) is 11.4. The molecule has 6 nitrogen and oxygen atoms in total. The summed E-state index contributed by atoms with van der Waals surface area (Å²) in [6, 6.07) is 5.08. The Morgan fingerprint density at radius 1 is 1.28 bits per heavy atom. The second-order valence-electron chi connectivity index (χ2n) is 5.32. The Labute approximate surface area is 139 Å². The number of rotatable bonds is 4. The first kappa shape index (κ1) is 16.7. The second kappa shape index (κ2) is 6.08. The number of fused-ring (bicyclic) bond motifs is 1. The number of nitrogens with zero attached hydrogens (tertiary/aromatic N) is 4. The highest BCUT2D eigenvalue weighted by atomic mass is 19.3. The van der Waals surface area contributed by atoms with Crippen LogP contribution in [0.1, 0.15) is 12.4 Å². The maximum absolute atomic E-state index is 14.4. The molecule has 0 N–H and O–H groups in total. The van der Waals surface area contributed by atoms with Crippen LogP contribution in [0.5, 0.6) is 0 Å². The van der Waals surface area contributed by atoms with Crippen LogP contribution in [0.4, 0.5) is 13.2 Å². The summed E-state index contributed by atoms with van der Waals surface area (Å²) in [5.41, 5.74) is -1.49. The standard InChI is InChI=1S/C16H13F3N4O2/c1-3-6-21-12-8-13(11(17)7-10(12)4-5-14(21)24)23-16(25)22(15(18)19)9(2)20-23/h3-5,7-8,15H,1,6H2,2H3. The first-order valence-corrected chi connectivity index (χ1v) is 7.26. The summed E-state index contributed by atoms with van der Waals surface area (Å²) >= 11 is 0. The van der Waals surface area contributed by atoms with E-state index in [0.29, 0.717) is 15.6 Å². The zero-order chi connectivity index (χ0) is 18.3. The van der Waals surface area contributed by atoms with Crippen molar-refractivity contribution < 1.29 is 13.2 Å². The van der Waals surface area contributed by atoms with Gasteiger partial charge in [0.25, 0.3) is 5.56 Å². The Bertz CT molecular complexity index is 1100. The van der Waals surface area contributed by atoms with Gasteiger partial charge in [-0.2, -0.15) is 13.5 Å². The third kappa shape index (κ3) is 2.67. The van der Waals surface area contributed by atoms with Crippen molar-refractivity contribution in [2.24, 2.45) is 0 Å². The number of benzene rings is 1. The van der Waals surface area contributed by atoms with Crippen molar-refractivity contribution in [1.29, 1.82) is 0 Å². The van der Waals surface area contributed by atoms with Crippen LogP contribution in [0.3, 0.4) is 0 Å². The quantitative estimate of drug-likeness (QED) is 0.679. The van der Waals surface area contributed by atoms with Crippen LogP contribution < -0.4 is 11.2 Å². The first-order chi connectivity index (χ1) is 11.8. The molecule has 0 unspecified atom stereocenters. The van der Waals surface area contributed by atoms with Crippen LogP contribution in [-0.4, -0.2) is 18.9 Å². The van der Waals surface area contributed by atoms with Crippen molar-refractivity contribution in [1.82, 2.24) is 18.9 Å². The van der Waals surface area contributed by atoms with E-state index in [1.165, 1.54) is 35.8 Å². The number of allylic oxidation sites excluding steroid dienone is 1. The SMILES string of the molecule is C=CCn1c(=O)ccc2cc(F)c(-n3nc(C)n(C(F)F)c3=O)cc21. The molecule has 0 atom stereocenters. The fourth-order valence-corrected chi connectivity index (χ4v) is 2.64. The summed E-state index contributed by atoms with van der Waals surface area (Å²) in [5, 5.41) is 4.12. The smallest absolute Gasteiger partial charge is 0.304 e. The third-order valence-corrected chi connectivity index (χ3v) is 3.77. The van der Waals surface area contributed by atoms with Gasteiger partial charge in [0, 0.05) is 18.0 Å². The fourth-order valence-electron chi connectivity index (χ4n) is 2.64. The number of aryl methyl sites for hydroxylation is 1. The lowest BCUT2D eigenvalue weighted by Gasteiger charge is -2.10. The van der Waals surface area contributed by atoms with Gasteiger partial charge in [0.15, 0.2) is 0 Å². The number of alkyl halides is 2. The molecule has 3 aromatic rings.